The Morgan fingerprint density at radius 2 is 2.06 bits per heavy atom. The molecule has 3 rings (SSSR count). The number of hydrogen-bond acceptors (Lipinski definition) is 1. The van der Waals surface area contributed by atoms with Gasteiger partial charge in [0.1, 0.15) is 0 Å². The van der Waals surface area contributed by atoms with E-state index in [0.29, 0.717) is 27.6 Å². The third-order valence-corrected chi connectivity index (χ3v) is 4.78. The Morgan fingerprint density at radius 1 is 1.22 bits per heavy atom. The van der Waals surface area contributed by atoms with Gasteiger partial charge in [-0.05, 0) is 49.3 Å². The maximum absolute atomic E-state index is 12.2. The summed E-state index contributed by atoms with van der Waals surface area (Å²) in [5.74, 6) is 1.42. The molecule has 1 N–H and O–H groups in total. The van der Waals surface area contributed by atoms with E-state index in [0.717, 1.165) is 12.3 Å². The van der Waals surface area contributed by atoms with Gasteiger partial charge in [0.2, 0.25) is 0 Å². The molecule has 0 aromatic heterocycles. The van der Waals surface area contributed by atoms with Gasteiger partial charge < -0.3 is 5.32 Å². The van der Waals surface area contributed by atoms with E-state index in [1.165, 1.54) is 19.3 Å². The van der Waals surface area contributed by atoms with Crippen molar-refractivity contribution < 1.29 is 4.79 Å². The van der Waals surface area contributed by atoms with Gasteiger partial charge in [0, 0.05) is 11.1 Å². The van der Waals surface area contributed by atoms with Crippen LogP contribution in [0.25, 0.3) is 0 Å². The number of amides is 1. The third-order valence-electron chi connectivity index (χ3n) is 4.23. The predicted molar refractivity (Wildman–Crippen MR) is 73.2 cm³/mol. The van der Waals surface area contributed by atoms with Crippen LogP contribution in [0.3, 0.4) is 0 Å². The number of carbonyl (C=O) groups is 1. The molecule has 2 nitrogen and oxygen atoms in total. The van der Waals surface area contributed by atoms with Gasteiger partial charge in [-0.1, -0.05) is 29.6 Å². The molecular weight excluding hydrogens is 269 g/mol. The van der Waals surface area contributed by atoms with E-state index in [4.69, 9.17) is 23.2 Å². The van der Waals surface area contributed by atoms with Crippen LogP contribution < -0.4 is 5.32 Å². The fourth-order valence-corrected chi connectivity index (χ4v) is 3.84. The molecule has 3 atom stereocenters. The molecule has 4 heteroatoms. The number of hydrogen-bond donors (Lipinski definition) is 1. The van der Waals surface area contributed by atoms with Crippen LogP contribution in [-0.4, -0.2) is 11.9 Å². The average Bonchev–Trinajstić information content (AvgIpc) is 2.90. The minimum Gasteiger partial charge on any atom is -0.349 e. The highest BCUT2D eigenvalue weighted by Gasteiger charge is 2.40. The van der Waals surface area contributed by atoms with Crippen LogP contribution in [-0.2, 0) is 0 Å². The van der Waals surface area contributed by atoms with Crippen LogP contribution in [0.4, 0.5) is 0 Å². The monoisotopic (exact) mass is 283 g/mol. The van der Waals surface area contributed by atoms with Crippen LogP contribution >= 0.6 is 23.2 Å². The summed E-state index contributed by atoms with van der Waals surface area (Å²) in [6.07, 6.45) is 4.99. The van der Waals surface area contributed by atoms with Crippen molar-refractivity contribution in [2.24, 2.45) is 11.8 Å². The summed E-state index contributed by atoms with van der Waals surface area (Å²) < 4.78 is 0. The fraction of sp³-hybridized carbons (Fsp3) is 0.500. The molecule has 1 aromatic carbocycles. The molecule has 0 spiro atoms. The molecule has 2 saturated carbocycles. The van der Waals surface area contributed by atoms with E-state index in [-0.39, 0.29) is 5.91 Å². The van der Waals surface area contributed by atoms with Crippen LogP contribution in [0, 0.1) is 11.8 Å². The van der Waals surface area contributed by atoms with E-state index in [9.17, 15) is 4.79 Å². The van der Waals surface area contributed by atoms with Gasteiger partial charge in [-0.3, -0.25) is 4.79 Å². The number of fused-ring (bicyclic) bond motifs is 2. The minimum absolute atomic E-state index is 0.0748. The molecule has 96 valence electrons. The Labute approximate surface area is 117 Å². The molecule has 0 saturated heterocycles. The molecule has 0 aliphatic heterocycles. The Hall–Kier alpha value is -0.730. The molecule has 0 radical (unpaired) electrons. The lowest BCUT2D eigenvalue weighted by Gasteiger charge is -2.23. The minimum atomic E-state index is -0.0748. The smallest absolute Gasteiger partial charge is 0.253 e. The quantitative estimate of drug-likeness (QED) is 0.876. The first-order valence-corrected chi connectivity index (χ1v) is 7.15. The summed E-state index contributed by atoms with van der Waals surface area (Å²) in [7, 11) is 0. The molecule has 2 fully saturated rings. The van der Waals surface area contributed by atoms with Crippen molar-refractivity contribution in [3.8, 4) is 0 Å². The molecule has 1 amide bonds. The van der Waals surface area contributed by atoms with Gasteiger partial charge in [-0.2, -0.15) is 0 Å². The molecule has 2 aliphatic rings. The molecular formula is C14H15Cl2NO. The summed E-state index contributed by atoms with van der Waals surface area (Å²) in [5.41, 5.74) is 0.517. The lowest BCUT2D eigenvalue weighted by atomic mass is 9.95. The van der Waals surface area contributed by atoms with Gasteiger partial charge >= 0.3 is 0 Å². The van der Waals surface area contributed by atoms with Crippen molar-refractivity contribution in [3.05, 3.63) is 33.8 Å². The normalized spacial score (nSPS) is 29.6. The van der Waals surface area contributed by atoms with Gasteiger partial charge in [0.05, 0.1) is 10.6 Å². The second kappa shape index (κ2) is 4.75. The summed E-state index contributed by atoms with van der Waals surface area (Å²) in [4.78, 5) is 12.2. The van der Waals surface area contributed by atoms with Crippen molar-refractivity contribution in [1.29, 1.82) is 0 Å². The van der Waals surface area contributed by atoms with E-state index < -0.39 is 0 Å². The summed E-state index contributed by atoms with van der Waals surface area (Å²) in [6, 6.07) is 5.33. The SMILES string of the molecule is O=C(N[C@@H]1C[C@H]2CC[C@H]1C2)c1ccc(Cl)cc1Cl. The third kappa shape index (κ3) is 2.24. The average molecular weight is 284 g/mol. The number of nitrogens with one attached hydrogen (secondary N) is 1. The highest BCUT2D eigenvalue weighted by Crippen LogP contribution is 2.44. The summed E-state index contributed by atoms with van der Waals surface area (Å²) in [5, 5.41) is 4.09. The predicted octanol–water partition coefficient (Wildman–Crippen LogP) is 3.91. The molecule has 2 bridgehead atoms. The van der Waals surface area contributed by atoms with E-state index in [2.05, 4.69) is 5.32 Å². The second-order valence-electron chi connectivity index (χ2n) is 5.38. The zero-order valence-corrected chi connectivity index (χ0v) is 11.5. The molecule has 0 heterocycles. The Kier molecular flexibility index (Phi) is 3.25. The van der Waals surface area contributed by atoms with Crippen molar-refractivity contribution in [2.75, 3.05) is 0 Å². The highest BCUT2D eigenvalue weighted by molar-refractivity contribution is 6.36. The van der Waals surface area contributed by atoms with Crippen LogP contribution in [0.2, 0.25) is 10.0 Å². The van der Waals surface area contributed by atoms with Crippen LogP contribution in [0.1, 0.15) is 36.0 Å². The van der Waals surface area contributed by atoms with Crippen molar-refractivity contribution in [1.82, 2.24) is 5.32 Å². The zero-order valence-electron chi connectivity index (χ0n) is 9.96. The van der Waals surface area contributed by atoms with Crippen molar-refractivity contribution in [3.63, 3.8) is 0 Å². The number of halogens is 2. The number of rotatable bonds is 2. The Bertz CT molecular complexity index is 489. The topological polar surface area (TPSA) is 29.1 Å². The first-order chi connectivity index (χ1) is 8.63. The van der Waals surface area contributed by atoms with E-state index >= 15 is 0 Å². The summed E-state index contributed by atoms with van der Waals surface area (Å²) >= 11 is 11.9. The van der Waals surface area contributed by atoms with E-state index in [1.54, 1.807) is 18.2 Å². The first kappa shape index (κ1) is 12.3. The Balaban J connectivity index is 1.71. The van der Waals surface area contributed by atoms with Gasteiger partial charge in [-0.25, -0.2) is 0 Å². The maximum Gasteiger partial charge on any atom is 0.253 e. The molecule has 2 aliphatic carbocycles. The van der Waals surface area contributed by atoms with Crippen LogP contribution in [0.5, 0.6) is 0 Å². The van der Waals surface area contributed by atoms with Crippen LogP contribution in [0.15, 0.2) is 18.2 Å². The first-order valence-electron chi connectivity index (χ1n) is 6.39. The molecule has 0 unspecified atom stereocenters. The maximum atomic E-state index is 12.2. The summed E-state index contributed by atoms with van der Waals surface area (Å²) in [6.45, 7) is 0. The lowest BCUT2D eigenvalue weighted by molar-refractivity contribution is 0.0923. The molecule has 18 heavy (non-hydrogen) atoms. The fourth-order valence-electron chi connectivity index (χ4n) is 3.34. The van der Waals surface area contributed by atoms with Gasteiger partial charge in [-0.15, -0.1) is 0 Å². The molecule has 1 aromatic rings. The van der Waals surface area contributed by atoms with E-state index in [1.807, 2.05) is 0 Å². The van der Waals surface area contributed by atoms with Gasteiger partial charge in [0.25, 0.3) is 5.91 Å². The largest absolute Gasteiger partial charge is 0.349 e. The zero-order chi connectivity index (χ0) is 12.7. The lowest BCUT2D eigenvalue weighted by Crippen LogP contribution is -2.38. The standard InChI is InChI=1S/C14H15Cl2NO/c15-10-3-4-11(12(16)7-10)14(18)17-13-6-8-1-2-9(13)5-8/h3-4,7-9,13H,1-2,5-6H2,(H,17,18)/t8-,9-,13+/m0/s1. The van der Waals surface area contributed by atoms with Crippen molar-refractivity contribution >= 4 is 29.1 Å². The number of benzene rings is 1. The van der Waals surface area contributed by atoms with Gasteiger partial charge in [0.15, 0.2) is 0 Å². The Morgan fingerprint density at radius 3 is 2.67 bits per heavy atom. The number of carbonyl (C=O) groups excluding carboxylic acids is 1. The second-order valence-corrected chi connectivity index (χ2v) is 6.22. The highest BCUT2D eigenvalue weighted by atomic mass is 35.5. The van der Waals surface area contributed by atoms with Crippen molar-refractivity contribution in [2.45, 2.75) is 31.7 Å².